The van der Waals surface area contributed by atoms with E-state index in [1.165, 1.54) is 10.6 Å². The molecule has 2 aromatic heterocycles. The van der Waals surface area contributed by atoms with Gasteiger partial charge in [-0.2, -0.15) is 0 Å². The Morgan fingerprint density at radius 1 is 1.06 bits per heavy atom. The van der Waals surface area contributed by atoms with Gasteiger partial charge in [0.25, 0.3) is 11.5 Å². The number of hydrogen-bond acceptors (Lipinski definition) is 4. The molecule has 6 heteroatoms. The van der Waals surface area contributed by atoms with Gasteiger partial charge in [-0.15, -0.1) is 0 Å². The number of nitrogens with zero attached hydrogens (tertiary/aromatic N) is 2. The molecule has 1 N–H and O–H groups in total. The smallest absolute Gasteiger partial charge is 0.252 e. The first-order chi connectivity index (χ1) is 14.9. The SMILES string of the molecule is Cc1ccc(C)c(Oc2ccc(CNC(=O)c3cc(=O)n(C)c4ccccc34)cn2)c1. The average molecular weight is 413 g/mol. The highest BCUT2D eigenvalue weighted by Crippen LogP contribution is 2.24. The van der Waals surface area contributed by atoms with Crippen molar-refractivity contribution in [3.63, 3.8) is 0 Å². The van der Waals surface area contributed by atoms with Gasteiger partial charge in [-0.05, 0) is 42.7 Å². The number of pyridine rings is 2. The fourth-order valence-corrected chi connectivity index (χ4v) is 3.38. The van der Waals surface area contributed by atoms with Crippen molar-refractivity contribution in [1.29, 1.82) is 0 Å². The topological polar surface area (TPSA) is 73.2 Å². The van der Waals surface area contributed by atoms with Gasteiger partial charge in [-0.1, -0.05) is 36.4 Å². The molecule has 2 aromatic carbocycles. The third kappa shape index (κ3) is 4.33. The molecular weight excluding hydrogens is 390 g/mol. The van der Waals surface area contributed by atoms with Crippen molar-refractivity contribution >= 4 is 16.8 Å². The summed E-state index contributed by atoms with van der Waals surface area (Å²) in [7, 11) is 1.69. The molecular formula is C25H23N3O3. The first-order valence-electron chi connectivity index (χ1n) is 9.99. The number of amides is 1. The molecule has 0 aliphatic rings. The predicted octanol–water partition coefficient (Wildman–Crippen LogP) is 4.27. The lowest BCUT2D eigenvalue weighted by atomic mass is 10.1. The van der Waals surface area contributed by atoms with E-state index in [0.29, 0.717) is 18.0 Å². The van der Waals surface area contributed by atoms with Gasteiger partial charge in [-0.25, -0.2) is 4.98 Å². The molecule has 0 bridgehead atoms. The molecule has 0 spiro atoms. The van der Waals surface area contributed by atoms with Gasteiger partial charge in [-0.3, -0.25) is 9.59 Å². The number of aromatic nitrogens is 2. The maximum Gasteiger partial charge on any atom is 0.252 e. The van der Waals surface area contributed by atoms with Crippen molar-refractivity contribution in [2.24, 2.45) is 7.05 Å². The Bertz CT molecular complexity index is 1320. The van der Waals surface area contributed by atoms with Crippen LogP contribution in [-0.4, -0.2) is 15.5 Å². The van der Waals surface area contributed by atoms with Gasteiger partial charge in [0, 0.05) is 37.3 Å². The van der Waals surface area contributed by atoms with E-state index in [1.54, 1.807) is 19.3 Å². The van der Waals surface area contributed by atoms with E-state index in [4.69, 9.17) is 4.74 Å². The zero-order valence-corrected chi connectivity index (χ0v) is 17.7. The minimum Gasteiger partial charge on any atom is -0.439 e. The number of aryl methyl sites for hydroxylation is 3. The summed E-state index contributed by atoms with van der Waals surface area (Å²) in [5.41, 5.74) is 3.83. The van der Waals surface area contributed by atoms with Crippen LogP contribution in [0.1, 0.15) is 27.0 Å². The lowest BCUT2D eigenvalue weighted by molar-refractivity contribution is 0.0952. The molecule has 4 rings (SSSR count). The molecule has 156 valence electrons. The molecule has 0 aliphatic carbocycles. The molecule has 0 aliphatic heterocycles. The van der Waals surface area contributed by atoms with Gasteiger partial charge >= 0.3 is 0 Å². The molecule has 0 saturated carbocycles. The average Bonchev–Trinajstić information content (AvgIpc) is 2.78. The van der Waals surface area contributed by atoms with Crippen molar-refractivity contribution < 1.29 is 9.53 Å². The first kappa shape index (κ1) is 20.3. The van der Waals surface area contributed by atoms with Crippen molar-refractivity contribution in [2.45, 2.75) is 20.4 Å². The summed E-state index contributed by atoms with van der Waals surface area (Å²) in [5.74, 6) is 0.956. The van der Waals surface area contributed by atoms with Crippen molar-refractivity contribution in [1.82, 2.24) is 14.9 Å². The number of rotatable bonds is 5. The molecule has 6 nitrogen and oxygen atoms in total. The predicted molar refractivity (Wildman–Crippen MR) is 121 cm³/mol. The van der Waals surface area contributed by atoms with Crippen LogP contribution >= 0.6 is 0 Å². The molecule has 0 atom stereocenters. The summed E-state index contributed by atoms with van der Waals surface area (Å²) in [4.78, 5) is 29.3. The maximum atomic E-state index is 12.8. The number of para-hydroxylation sites is 1. The molecule has 0 fully saturated rings. The Hall–Kier alpha value is -3.93. The second-order valence-corrected chi connectivity index (χ2v) is 7.53. The molecule has 2 heterocycles. The second-order valence-electron chi connectivity index (χ2n) is 7.53. The normalized spacial score (nSPS) is 10.8. The standard InChI is InChI=1S/C25H23N3O3/c1-16-8-9-17(2)22(12-16)31-23-11-10-18(14-26-23)15-27-25(30)20-13-24(29)28(3)21-7-5-4-6-19(20)21/h4-14H,15H2,1-3H3,(H,27,30). The first-order valence-corrected chi connectivity index (χ1v) is 9.99. The minimum atomic E-state index is -0.301. The Balaban J connectivity index is 1.47. The van der Waals surface area contributed by atoms with Crippen LogP contribution in [0, 0.1) is 13.8 Å². The van der Waals surface area contributed by atoms with Crippen molar-refractivity contribution in [3.8, 4) is 11.6 Å². The van der Waals surface area contributed by atoms with Gasteiger partial charge in [0.05, 0.1) is 11.1 Å². The number of nitrogens with one attached hydrogen (secondary N) is 1. The lowest BCUT2D eigenvalue weighted by Crippen LogP contribution is -2.26. The number of benzene rings is 2. The number of fused-ring (bicyclic) bond motifs is 1. The highest BCUT2D eigenvalue weighted by atomic mass is 16.5. The largest absolute Gasteiger partial charge is 0.439 e. The van der Waals surface area contributed by atoms with Crippen LogP contribution in [0.4, 0.5) is 0 Å². The third-order valence-electron chi connectivity index (χ3n) is 5.21. The van der Waals surface area contributed by atoms with E-state index in [9.17, 15) is 9.59 Å². The molecule has 0 unspecified atom stereocenters. The van der Waals surface area contributed by atoms with Crippen LogP contribution in [0.2, 0.25) is 0 Å². The number of hydrogen-bond donors (Lipinski definition) is 1. The van der Waals surface area contributed by atoms with Crippen LogP contribution in [-0.2, 0) is 13.6 Å². The summed E-state index contributed by atoms with van der Waals surface area (Å²) in [6.45, 7) is 4.29. The van der Waals surface area contributed by atoms with Gasteiger partial charge < -0.3 is 14.6 Å². The zero-order chi connectivity index (χ0) is 22.0. The number of ether oxygens (including phenoxy) is 1. The highest BCUT2D eigenvalue weighted by molar-refractivity contribution is 6.06. The van der Waals surface area contributed by atoms with E-state index >= 15 is 0 Å². The Morgan fingerprint density at radius 3 is 2.65 bits per heavy atom. The summed E-state index contributed by atoms with van der Waals surface area (Å²) in [6.07, 6.45) is 1.67. The summed E-state index contributed by atoms with van der Waals surface area (Å²) in [5, 5.41) is 3.61. The lowest BCUT2D eigenvalue weighted by Gasteiger charge is -2.11. The summed E-state index contributed by atoms with van der Waals surface area (Å²) in [6, 6.07) is 18.4. The maximum absolute atomic E-state index is 12.8. The van der Waals surface area contributed by atoms with Gasteiger partial charge in [0.2, 0.25) is 5.88 Å². The molecule has 31 heavy (non-hydrogen) atoms. The fourth-order valence-electron chi connectivity index (χ4n) is 3.38. The van der Waals surface area contributed by atoms with Crippen LogP contribution in [0.3, 0.4) is 0 Å². The Labute approximate surface area is 180 Å². The molecule has 0 radical (unpaired) electrons. The second kappa shape index (κ2) is 8.44. The third-order valence-corrected chi connectivity index (χ3v) is 5.21. The van der Waals surface area contributed by atoms with E-state index in [1.807, 2.05) is 62.4 Å². The molecule has 0 saturated heterocycles. The quantitative estimate of drug-likeness (QED) is 0.530. The van der Waals surface area contributed by atoms with Gasteiger partial charge in [0.1, 0.15) is 5.75 Å². The van der Waals surface area contributed by atoms with Crippen LogP contribution in [0.25, 0.3) is 10.9 Å². The number of carbonyl (C=O) groups is 1. The monoisotopic (exact) mass is 413 g/mol. The van der Waals surface area contributed by atoms with Gasteiger partial charge in [0.15, 0.2) is 0 Å². The minimum absolute atomic E-state index is 0.224. The molecule has 4 aromatic rings. The van der Waals surface area contributed by atoms with Crippen LogP contribution in [0.5, 0.6) is 11.6 Å². The highest BCUT2D eigenvalue weighted by Gasteiger charge is 2.13. The number of carbonyl (C=O) groups excluding carboxylic acids is 1. The summed E-state index contributed by atoms with van der Waals surface area (Å²) >= 11 is 0. The van der Waals surface area contributed by atoms with Crippen molar-refractivity contribution in [2.75, 3.05) is 0 Å². The van der Waals surface area contributed by atoms with E-state index < -0.39 is 0 Å². The van der Waals surface area contributed by atoms with E-state index in [2.05, 4.69) is 10.3 Å². The van der Waals surface area contributed by atoms with Crippen molar-refractivity contribution in [3.05, 3.63) is 99.5 Å². The van der Waals surface area contributed by atoms with E-state index in [0.717, 1.165) is 33.3 Å². The summed E-state index contributed by atoms with van der Waals surface area (Å²) < 4.78 is 7.41. The van der Waals surface area contributed by atoms with Crippen LogP contribution < -0.4 is 15.6 Å². The van der Waals surface area contributed by atoms with E-state index in [-0.39, 0.29) is 11.5 Å². The van der Waals surface area contributed by atoms with Crippen LogP contribution in [0.15, 0.2) is 71.7 Å². The Morgan fingerprint density at radius 2 is 1.87 bits per heavy atom. The Kier molecular flexibility index (Phi) is 5.54. The fraction of sp³-hybridized carbons (Fsp3) is 0.160. The molecule has 1 amide bonds. The zero-order valence-electron chi connectivity index (χ0n) is 17.7.